The molecule has 1 aliphatic heterocycles. The normalized spacial score (nSPS) is 17.2. The van der Waals surface area contributed by atoms with Crippen molar-refractivity contribution in [1.29, 1.82) is 0 Å². The fourth-order valence-electron chi connectivity index (χ4n) is 7.03. The zero-order valence-corrected chi connectivity index (χ0v) is 27.7. The summed E-state index contributed by atoms with van der Waals surface area (Å²) in [5.74, 6) is 0.0116. The third-order valence-corrected chi connectivity index (χ3v) is 10.8. The van der Waals surface area contributed by atoms with E-state index in [0.717, 1.165) is 38.7 Å². The topological polar surface area (TPSA) is 110 Å². The van der Waals surface area contributed by atoms with Crippen LogP contribution in [0.25, 0.3) is 22.2 Å². The molecule has 0 bridgehead atoms. The third-order valence-electron chi connectivity index (χ3n) is 9.49. The van der Waals surface area contributed by atoms with Crippen molar-refractivity contribution < 1.29 is 27.5 Å². The third kappa shape index (κ3) is 7.53. The van der Waals surface area contributed by atoms with Gasteiger partial charge in [-0.05, 0) is 75.5 Å². The molecule has 11 heteroatoms. The zero-order chi connectivity index (χ0) is 32.1. The van der Waals surface area contributed by atoms with Gasteiger partial charge < -0.3 is 23.8 Å². The quantitative estimate of drug-likeness (QED) is 0.292. The van der Waals surface area contributed by atoms with Crippen molar-refractivity contribution in [3.05, 3.63) is 59.2 Å². The highest BCUT2D eigenvalue weighted by Gasteiger charge is 2.32. The SMILES string of the molecule is COC(=O)NS(=O)(=O)CCCN(C)CCN(C)C1Cc2ccccc2-c2c(C3CCCCC3)c3ccc(C(=O)OC)cc3n2C1. The number of likely N-dealkylation sites (N-methyl/N-ethyl adjacent to an activating group) is 2. The average molecular weight is 639 g/mol. The van der Waals surface area contributed by atoms with Crippen LogP contribution in [0.4, 0.5) is 4.79 Å². The highest BCUT2D eigenvalue weighted by molar-refractivity contribution is 7.90. The number of carbonyl (C=O) groups is 2. The van der Waals surface area contributed by atoms with Crippen molar-refractivity contribution in [2.45, 2.75) is 63.5 Å². The molecule has 1 N–H and O–H groups in total. The molecule has 244 valence electrons. The monoisotopic (exact) mass is 638 g/mol. The number of sulfonamides is 1. The number of amides is 1. The van der Waals surface area contributed by atoms with Crippen LogP contribution in [-0.4, -0.2) is 94.6 Å². The molecule has 1 aliphatic carbocycles. The minimum atomic E-state index is -3.73. The second kappa shape index (κ2) is 14.3. The van der Waals surface area contributed by atoms with Gasteiger partial charge in [-0.15, -0.1) is 0 Å². The van der Waals surface area contributed by atoms with Crippen LogP contribution in [0, 0.1) is 0 Å². The molecule has 2 aliphatic rings. The second-order valence-corrected chi connectivity index (χ2v) is 14.3. The Kier molecular flexibility index (Phi) is 10.5. The Bertz CT molecular complexity index is 1630. The minimum absolute atomic E-state index is 0.151. The summed E-state index contributed by atoms with van der Waals surface area (Å²) in [4.78, 5) is 28.4. The second-order valence-electron chi connectivity index (χ2n) is 12.5. The van der Waals surface area contributed by atoms with Gasteiger partial charge in [0.15, 0.2) is 0 Å². The first kappa shape index (κ1) is 33.0. The number of fused-ring (bicyclic) bond motifs is 5. The van der Waals surface area contributed by atoms with E-state index in [4.69, 9.17) is 4.74 Å². The van der Waals surface area contributed by atoms with Crippen LogP contribution in [-0.2, 0) is 32.5 Å². The highest BCUT2D eigenvalue weighted by Crippen LogP contribution is 2.46. The number of methoxy groups -OCH3 is 2. The number of aromatic nitrogens is 1. The van der Waals surface area contributed by atoms with E-state index in [2.05, 4.69) is 56.5 Å². The molecule has 45 heavy (non-hydrogen) atoms. The van der Waals surface area contributed by atoms with Gasteiger partial charge in [-0.25, -0.2) is 22.7 Å². The number of ether oxygens (including phenoxy) is 2. The maximum Gasteiger partial charge on any atom is 0.420 e. The number of nitrogens with one attached hydrogen (secondary N) is 1. The number of benzene rings is 2. The Balaban J connectivity index is 1.40. The van der Waals surface area contributed by atoms with Crippen molar-refractivity contribution in [3.63, 3.8) is 0 Å². The van der Waals surface area contributed by atoms with Crippen LogP contribution in [0.1, 0.15) is 65.9 Å². The first-order valence-corrected chi connectivity index (χ1v) is 17.6. The first-order chi connectivity index (χ1) is 21.6. The number of hydrogen-bond donors (Lipinski definition) is 1. The lowest BCUT2D eigenvalue weighted by molar-refractivity contribution is 0.0600. The van der Waals surface area contributed by atoms with Gasteiger partial charge in [-0.2, -0.15) is 0 Å². The fraction of sp³-hybridized carbons (Fsp3) is 0.529. The van der Waals surface area contributed by atoms with Crippen LogP contribution in [0.2, 0.25) is 0 Å². The number of carbonyl (C=O) groups excluding carboxylic acids is 2. The van der Waals surface area contributed by atoms with E-state index < -0.39 is 16.1 Å². The van der Waals surface area contributed by atoms with Crippen LogP contribution in [0.5, 0.6) is 0 Å². The number of rotatable bonds is 11. The summed E-state index contributed by atoms with van der Waals surface area (Å²) in [7, 11) is 2.98. The van der Waals surface area contributed by atoms with Crippen molar-refractivity contribution in [1.82, 2.24) is 19.1 Å². The van der Waals surface area contributed by atoms with Crippen LogP contribution in [0.15, 0.2) is 42.5 Å². The molecule has 1 unspecified atom stereocenters. The molecule has 1 amide bonds. The van der Waals surface area contributed by atoms with Crippen molar-refractivity contribution in [3.8, 4) is 11.3 Å². The summed E-state index contributed by atoms with van der Waals surface area (Å²) >= 11 is 0. The largest absolute Gasteiger partial charge is 0.465 e. The minimum Gasteiger partial charge on any atom is -0.465 e. The van der Waals surface area contributed by atoms with Crippen molar-refractivity contribution in [2.24, 2.45) is 0 Å². The highest BCUT2D eigenvalue weighted by atomic mass is 32.2. The summed E-state index contributed by atoms with van der Waals surface area (Å²) in [6.07, 6.45) is 6.46. The van der Waals surface area contributed by atoms with E-state index in [1.165, 1.54) is 67.0 Å². The van der Waals surface area contributed by atoms with Crippen molar-refractivity contribution in [2.75, 3.05) is 53.7 Å². The molecular formula is C34H46N4O6S. The van der Waals surface area contributed by atoms with Gasteiger partial charge in [0.2, 0.25) is 10.0 Å². The molecule has 1 saturated carbocycles. The molecule has 0 spiro atoms. The van der Waals surface area contributed by atoms with Gasteiger partial charge in [0, 0.05) is 42.1 Å². The molecule has 5 rings (SSSR count). The lowest BCUT2D eigenvalue weighted by Gasteiger charge is -2.30. The molecule has 0 saturated heterocycles. The Labute approximate surface area is 266 Å². The van der Waals surface area contributed by atoms with Gasteiger partial charge in [0.05, 0.1) is 31.2 Å². The summed E-state index contributed by atoms with van der Waals surface area (Å²) in [6, 6.07) is 15.0. The number of hydrogen-bond acceptors (Lipinski definition) is 8. The molecule has 10 nitrogen and oxygen atoms in total. The molecule has 1 aromatic heterocycles. The maximum absolute atomic E-state index is 12.6. The zero-order valence-electron chi connectivity index (χ0n) is 26.9. The van der Waals surface area contributed by atoms with Gasteiger partial charge in [-0.3, -0.25) is 0 Å². The van der Waals surface area contributed by atoms with Gasteiger partial charge in [0.1, 0.15) is 0 Å². The van der Waals surface area contributed by atoms with Crippen LogP contribution < -0.4 is 4.72 Å². The smallest absolute Gasteiger partial charge is 0.420 e. The lowest BCUT2D eigenvalue weighted by atomic mass is 9.81. The fourth-order valence-corrected chi connectivity index (χ4v) is 7.97. The van der Waals surface area contributed by atoms with E-state index in [1.54, 1.807) is 0 Å². The summed E-state index contributed by atoms with van der Waals surface area (Å²) in [5, 5.41) is 1.24. The maximum atomic E-state index is 12.6. The van der Waals surface area contributed by atoms with E-state index in [-0.39, 0.29) is 17.8 Å². The Morgan fingerprint density at radius 3 is 2.47 bits per heavy atom. The van der Waals surface area contributed by atoms with Crippen LogP contribution in [0.3, 0.4) is 0 Å². The van der Waals surface area contributed by atoms with Gasteiger partial charge >= 0.3 is 12.1 Å². The van der Waals surface area contributed by atoms with E-state index in [1.807, 2.05) is 23.9 Å². The molecular weight excluding hydrogens is 592 g/mol. The van der Waals surface area contributed by atoms with Gasteiger partial charge in [0.25, 0.3) is 0 Å². The average Bonchev–Trinajstić information content (AvgIpc) is 3.25. The molecule has 2 heterocycles. The van der Waals surface area contributed by atoms with E-state index in [9.17, 15) is 18.0 Å². The van der Waals surface area contributed by atoms with Crippen molar-refractivity contribution >= 4 is 33.0 Å². The number of esters is 1. The summed E-state index contributed by atoms with van der Waals surface area (Å²) < 4.78 is 38.0. The van der Waals surface area contributed by atoms with Crippen LogP contribution >= 0.6 is 0 Å². The first-order valence-electron chi connectivity index (χ1n) is 15.9. The number of nitrogens with zero attached hydrogens (tertiary/aromatic N) is 3. The predicted molar refractivity (Wildman–Crippen MR) is 176 cm³/mol. The Hall–Kier alpha value is -3.41. The molecule has 0 radical (unpaired) electrons. The molecule has 1 atom stereocenters. The standard InChI is InChI=1S/C34H46N4O6S/c1-36(17-10-20-45(41,42)35-34(40)44-4)18-19-37(2)27-21-25-13-8-9-14-28(25)32-31(24-11-6-5-7-12-24)29-16-15-26(33(39)43-3)22-30(29)38(32)23-27/h8-9,13-16,22,24,27H,5-7,10-12,17-21,23H2,1-4H3,(H,35,40). The van der Waals surface area contributed by atoms with E-state index >= 15 is 0 Å². The summed E-state index contributed by atoms with van der Waals surface area (Å²) in [5.41, 5.74) is 6.98. The van der Waals surface area contributed by atoms with E-state index in [0.29, 0.717) is 24.4 Å². The molecule has 1 fully saturated rings. The Morgan fingerprint density at radius 2 is 1.73 bits per heavy atom. The Morgan fingerprint density at radius 1 is 0.978 bits per heavy atom. The lowest BCUT2D eigenvalue weighted by Crippen LogP contribution is -2.41. The molecule has 3 aromatic rings. The molecule has 2 aromatic carbocycles. The summed E-state index contributed by atoms with van der Waals surface area (Å²) in [6.45, 7) is 2.93. The predicted octanol–water partition coefficient (Wildman–Crippen LogP) is 5.01. The van der Waals surface area contributed by atoms with Gasteiger partial charge in [-0.1, -0.05) is 49.6 Å².